The first kappa shape index (κ1) is 20.6. The lowest BCUT2D eigenvalue weighted by Crippen LogP contribution is -2.49. The summed E-state index contributed by atoms with van der Waals surface area (Å²) in [5.41, 5.74) is 0.936. The first-order valence-electron chi connectivity index (χ1n) is 7.00. The second-order valence-corrected chi connectivity index (χ2v) is 6.26. The van der Waals surface area contributed by atoms with Crippen LogP contribution in [0, 0.1) is 10.1 Å². The van der Waals surface area contributed by atoms with Crippen LogP contribution in [-0.4, -0.2) is 22.5 Å². The number of nitro groups is 1. The van der Waals surface area contributed by atoms with Crippen LogP contribution < -0.4 is 10.6 Å². The molecule has 0 heterocycles. The summed E-state index contributed by atoms with van der Waals surface area (Å²) in [5.74, 6) is 0.732. The molecule has 2 N–H and O–H groups in total. The minimum Gasteiger partial charge on any atom is -0.354 e. The highest BCUT2D eigenvalue weighted by Gasteiger charge is 2.12. The Morgan fingerprint density at radius 1 is 1.27 bits per heavy atom. The fourth-order valence-electron chi connectivity index (χ4n) is 1.64. The zero-order valence-corrected chi connectivity index (χ0v) is 16.0. The van der Waals surface area contributed by atoms with Crippen LogP contribution in [0.5, 0.6) is 0 Å². The predicted octanol–water partition coefficient (Wildman–Crippen LogP) is 3.45. The summed E-state index contributed by atoms with van der Waals surface area (Å²) in [6.45, 7) is 10.8. The number of non-ortho nitro benzene ring substituents is 1. The summed E-state index contributed by atoms with van der Waals surface area (Å²) in [6.07, 6.45) is 0. The number of hydrogen-bond acceptors (Lipinski definition) is 3. The molecule has 124 valence electrons. The molecular weight excluding hydrogens is 395 g/mol. The van der Waals surface area contributed by atoms with E-state index in [4.69, 9.17) is 0 Å². The molecule has 0 radical (unpaired) electrons. The van der Waals surface area contributed by atoms with Gasteiger partial charge in [-0.05, 0) is 40.2 Å². The third kappa shape index (κ3) is 8.16. The Morgan fingerprint density at radius 3 is 2.23 bits per heavy atom. The van der Waals surface area contributed by atoms with E-state index in [-0.39, 0.29) is 41.2 Å². The first-order valence-corrected chi connectivity index (χ1v) is 7.00. The third-order valence-electron chi connectivity index (χ3n) is 2.49. The van der Waals surface area contributed by atoms with Crippen LogP contribution in [0.1, 0.15) is 40.2 Å². The molecule has 0 aromatic heterocycles. The van der Waals surface area contributed by atoms with Gasteiger partial charge in [-0.1, -0.05) is 12.1 Å². The molecule has 0 saturated heterocycles. The molecule has 0 aliphatic rings. The number of nitrogens with zero attached hydrogens (tertiary/aromatic N) is 2. The van der Waals surface area contributed by atoms with E-state index < -0.39 is 4.92 Å². The molecule has 0 spiro atoms. The van der Waals surface area contributed by atoms with Crippen molar-refractivity contribution in [2.75, 3.05) is 0 Å². The van der Waals surface area contributed by atoms with E-state index in [1.54, 1.807) is 12.1 Å². The molecule has 0 fully saturated rings. The van der Waals surface area contributed by atoms with Crippen LogP contribution in [0.3, 0.4) is 0 Å². The zero-order chi connectivity index (χ0) is 16.0. The number of benzene rings is 1. The average Bonchev–Trinajstić information content (AvgIpc) is 2.34. The summed E-state index contributed by atoms with van der Waals surface area (Å²) in [4.78, 5) is 14.7. The van der Waals surface area contributed by atoms with Gasteiger partial charge in [0.2, 0.25) is 0 Å². The summed E-state index contributed by atoms with van der Waals surface area (Å²) in [6, 6.07) is 6.72. The van der Waals surface area contributed by atoms with Gasteiger partial charge in [0.05, 0.1) is 11.5 Å². The van der Waals surface area contributed by atoms with Crippen molar-refractivity contribution in [3.63, 3.8) is 0 Å². The van der Waals surface area contributed by atoms with Crippen molar-refractivity contribution < 1.29 is 4.92 Å². The number of guanidine groups is 1. The topological polar surface area (TPSA) is 79.6 Å². The molecule has 0 atom stereocenters. The van der Waals surface area contributed by atoms with Crippen molar-refractivity contribution in [1.82, 2.24) is 10.6 Å². The Morgan fingerprint density at radius 2 is 1.82 bits per heavy atom. The minimum absolute atomic E-state index is 0. The number of aliphatic imine (C=N–C) groups is 1. The molecule has 0 aliphatic heterocycles. The number of halogens is 1. The first-order chi connectivity index (χ1) is 9.67. The fourth-order valence-corrected chi connectivity index (χ4v) is 1.64. The van der Waals surface area contributed by atoms with E-state index in [2.05, 4.69) is 36.4 Å². The quantitative estimate of drug-likeness (QED) is 0.257. The van der Waals surface area contributed by atoms with Gasteiger partial charge >= 0.3 is 0 Å². The average molecular weight is 420 g/mol. The van der Waals surface area contributed by atoms with Crippen LogP contribution in [0.2, 0.25) is 0 Å². The molecule has 1 rings (SSSR count). The lowest BCUT2D eigenvalue weighted by Gasteiger charge is -2.25. The normalized spacial score (nSPS) is 11.8. The fraction of sp³-hybridized carbons (Fsp3) is 0.533. The van der Waals surface area contributed by atoms with Crippen LogP contribution in [0.15, 0.2) is 29.3 Å². The third-order valence-corrected chi connectivity index (χ3v) is 2.49. The molecule has 1 aromatic carbocycles. The Kier molecular flexibility index (Phi) is 8.36. The van der Waals surface area contributed by atoms with Crippen molar-refractivity contribution in [3.8, 4) is 0 Å². The van der Waals surface area contributed by atoms with Gasteiger partial charge in [-0.3, -0.25) is 10.1 Å². The van der Waals surface area contributed by atoms with Crippen molar-refractivity contribution in [3.05, 3.63) is 39.9 Å². The minimum atomic E-state index is -0.403. The predicted molar refractivity (Wildman–Crippen MR) is 101 cm³/mol. The Bertz CT molecular complexity index is 507. The highest BCUT2D eigenvalue weighted by Crippen LogP contribution is 2.12. The van der Waals surface area contributed by atoms with E-state index in [1.807, 2.05) is 13.8 Å². The molecular formula is C15H25IN4O2. The van der Waals surface area contributed by atoms with Crippen LogP contribution >= 0.6 is 24.0 Å². The van der Waals surface area contributed by atoms with E-state index in [0.717, 1.165) is 11.5 Å². The number of nitrogens with one attached hydrogen (secondary N) is 2. The maximum atomic E-state index is 10.6. The van der Waals surface area contributed by atoms with Gasteiger partial charge in [-0.15, -0.1) is 24.0 Å². The van der Waals surface area contributed by atoms with Gasteiger partial charge in [0, 0.05) is 23.7 Å². The maximum Gasteiger partial charge on any atom is 0.269 e. The number of hydrogen-bond donors (Lipinski definition) is 2. The lowest BCUT2D eigenvalue weighted by molar-refractivity contribution is -0.384. The van der Waals surface area contributed by atoms with Gasteiger partial charge in [0.1, 0.15) is 0 Å². The van der Waals surface area contributed by atoms with E-state index in [1.165, 1.54) is 12.1 Å². The second kappa shape index (κ2) is 8.92. The Hall–Kier alpha value is -1.38. The Labute approximate surface area is 149 Å². The maximum absolute atomic E-state index is 10.6. The van der Waals surface area contributed by atoms with Crippen LogP contribution in [0.4, 0.5) is 5.69 Å². The largest absolute Gasteiger partial charge is 0.354 e. The van der Waals surface area contributed by atoms with Gasteiger partial charge in [-0.25, -0.2) is 4.99 Å². The van der Waals surface area contributed by atoms with Crippen molar-refractivity contribution in [1.29, 1.82) is 0 Å². The molecule has 6 nitrogen and oxygen atoms in total. The van der Waals surface area contributed by atoms with Gasteiger partial charge in [-0.2, -0.15) is 0 Å². The molecule has 0 saturated carbocycles. The molecule has 0 amide bonds. The molecule has 0 bridgehead atoms. The Balaban J connectivity index is 0.00000441. The smallest absolute Gasteiger partial charge is 0.269 e. The number of rotatable bonds is 4. The van der Waals surface area contributed by atoms with E-state index in [9.17, 15) is 10.1 Å². The molecule has 0 unspecified atom stereocenters. The van der Waals surface area contributed by atoms with Gasteiger partial charge in [0.25, 0.3) is 5.69 Å². The van der Waals surface area contributed by atoms with E-state index in [0.29, 0.717) is 6.54 Å². The molecule has 7 heteroatoms. The lowest BCUT2D eigenvalue weighted by atomic mass is 10.1. The van der Waals surface area contributed by atoms with Crippen LogP contribution in [0.25, 0.3) is 0 Å². The number of nitro benzene ring substituents is 1. The summed E-state index contributed by atoms with van der Waals surface area (Å²) in [5, 5.41) is 17.2. The molecule has 1 aromatic rings. The van der Waals surface area contributed by atoms with Crippen molar-refractivity contribution in [2.24, 2.45) is 4.99 Å². The molecule has 0 aliphatic carbocycles. The van der Waals surface area contributed by atoms with E-state index >= 15 is 0 Å². The van der Waals surface area contributed by atoms with Crippen molar-refractivity contribution >= 4 is 35.6 Å². The summed E-state index contributed by atoms with van der Waals surface area (Å²) in [7, 11) is 0. The van der Waals surface area contributed by atoms with Gasteiger partial charge in [0.15, 0.2) is 5.96 Å². The SMILES string of the molecule is CC(C)NC(=NCc1ccc([N+](=O)[O-])cc1)NC(C)(C)C.I. The zero-order valence-electron chi connectivity index (χ0n) is 13.7. The van der Waals surface area contributed by atoms with Crippen LogP contribution in [-0.2, 0) is 6.54 Å². The summed E-state index contributed by atoms with van der Waals surface area (Å²) >= 11 is 0. The monoisotopic (exact) mass is 420 g/mol. The summed E-state index contributed by atoms with van der Waals surface area (Å²) < 4.78 is 0. The standard InChI is InChI=1S/C15H24N4O2.HI/c1-11(2)17-14(18-15(3,4)5)16-10-12-6-8-13(9-7-12)19(20)21;/h6-9,11H,10H2,1-5H3,(H2,16,17,18);1H. The highest BCUT2D eigenvalue weighted by atomic mass is 127. The highest BCUT2D eigenvalue weighted by molar-refractivity contribution is 14.0. The van der Waals surface area contributed by atoms with Gasteiger partial charge < -0.3 is 10.6 Å². The molecule has 22 heavy (non-hydrogen) atoms. The van der Waals surface area contributed by atoms with Crippen molar-refractivity contribution in [2.45, 2.75) is 52.7 Å². The second-order valence-electron chi connectivity index (χ2n) is 6.26.